The van der Waals surface area contributed by atoms with Gasteiger partial charge in [-0.05, 0) is 19.1 Å². The van der Waals surface area contributed by atoms with Crippen LogP contribution in [0.15, 0.2) is 24.3 Å². The second-order valence-electron chi connectivity index (χ2n) is 4.36. The van der Waals surface area contributed by atoms with E-state index in [4.69, 9.17) is 15.6 Å². The quantitative estimate of drug-likeness (QED) is 0.762. The number of amides is 1. The fourth-order valence-electron chi connectivity index (χ4n) is 1.20. The average Bonchev–Trinajstić information content (AvgIpc) is 2.35. The van der Waals surface area contributed by atoms with Gasteiger partial charge in [0.15, 0.2) is 12.1 Å². The van der Waals surface area contributed by atoms with Gasteiger partial charge in [0.05, 0.1) is 0 Å². The van der Waals surface area contributed by atoms with E-state index in [-0.39, 0.29) is 11.4 Å². The number of nitrogens with one attached hydrogen (secondary N) is 1. The van der Waals surface area contributed by atoms with Crippen molar-refractivity contribution in [3.05, 3.63) is 24.3 Å². The van der Waals surface area contributed by atoms with Gasteiger partial charge in [0.25, 0.3) is 5.91 Å². The SMILES string of the molecule is CC(N)(C(=O)Nc1cccc(OCC(=O)O)c1)C(F)(F)F. The van der Waals surface area contributed by atoms with Crippen molar-refractivity contribution in [3.8, 4) is 5.75 Å². The number of alkyl halides is 3. The number of hydrogen-bond acceptors (Lipinski definition) is 4. The Labute approximate surface area is 117 Å². The van der Waals surface area contributed by atoms with E-state index in [1.54, 1.807) is 0 Å². The zero-order chi connectivity index (χ0) is 16.3. The molecule has 116 valence electrons. The highest BCUT2D eigenvalue weighted by Gasteiger charge is 2.53. The largest absolute Gasteiger partial charge is 0.482 e. The molecule has 0 bridgehead atoms. The summed E-state index contributed by atoms with van der Waals surface area (Å²) < 4.78 is 42.6. The molecule has 1 atom stereocenters. The lowest BCUT2D eigenvalue weighted by molar-refractivity contribution is -0.184. The summed E-state index contributed by atoms with van der Waals surface area (Å²) in [5, 5.41) is 10.5. The van der Waals surface area contributed by atoms with Gasteiger partial charge >= 0.3 is 12.1 Å². The van der Waals surface area contributed by atoms with Crippen LogP contribution in [0.2, 0.25) is 0 Å². The number of anilines is 1. The zero-order valence-corrected chi connectivity index (χ0v) is 10.9. The molecular formula is C12H13F3N2O4. The van der Waals surface area contributed by atoms with E-state index >= 15 is 0 Å². The number of rotatable bonds is 5. The third-order valence-corrected chi connectivity index (χ3v) is 2.51. The first-order chi connectivity index (χ1) is 9.54. The van der Waals surface area contributed by atoms with Crippen LogP contribution in [0.1, 0.15) is 6.92 Å². The van der Waals surface area contributed by atoms with Gasteiger partial charge in [-0.3, -0.25) is 4.79 Å². The average molecular weight is 306 g/mol. The van der Waals surface area contributed by atoms with Crippen LogP contribution in [0.25, 0.3) is 0 Å². The minimum atomic E-state index is -4.91. The topological polar surface area (TPSA) is 102 Å². The highest BCUT2D eigenvalue weighted by molar-refractivity contribution is 5.98. The first kappa shape index (κ1) is 16.8. The number of carbonyl (C=O) groups is 2. The Balaban J connectivity index is 2.82. The van der Waals surface area contributed by atoms with E-state index < -0.39 is 30.2 Å². The summed E-state index contributed by atoms with van der Waals surface area (Å²) >= 11 is 0. The van der Waals surface area contributed by atoms with Crippen LogP contribution in [0.5, 0.6) is 5.75 Å². The monoisotopic (exact) mass is 306 g/mol. The maximum absolute atomic E-state index is 12.6. The van der Waals surface area contributed by atoms with Gasteiger partial charge in [-0.2, -0.15) is 13.2 Å². The van der Waals surface area contributed by atoms with Crippen LogP contribution < -0.4 is 15.8 Å². The van der Waals surface area contributed by atoms with E-state index in [0.717, 1.165) is 0 Å². The molecule has 1 unspecified atom stereocenters. The first-order valence-corrected chi connectivity index (χ1v) is 5.66. The number of nitrogens with two attached hydrogens (primary N) is 1. The molecule has 4 N–H and O–H groups in total. The molecule has 0 heterocycles. The number of carboxylic acids is 1. The minimum absolute atomic E-state index is 0.00353. The standard InChI is InChI=1S/C12H13F3N2O4/c1-11(16,12(13,14)15)10(20)17-7-3-2-4-8(5-7)21-6-9(18)19/h2-5H,6,16H2,1H3,(H,17,20)(H,18,19). The third-order valence-electron chi connectivity index (χ3n) is 2.51. The number of carboxylic acid groups (broad SMARTS) is 1. The summed E-state index contributed by atoms with van der Waals surface area (Å²) in [6, 6.07) is 5.28. The van der Waals surface area contributed by atoms with E-state index in [0.29, 0.717) is 6.92 Å². The van der Waals surface area contributed by atoms with E-state index in [9.17, 15) is 22.8 Å². The number of hydrogen-bond donors (Lipinski definition) is 3. The van der Waals surface area contributed by atoms with Crippen molar-refractivity contribution in [2.24, 2.45) is 5.73 Å². The molecule has 0 aliphatic carbocycles. The summed E-state index contributed by atoms with van der Waals surface area (Å²) in [6.45, 7) is -0.0678. The van der Waals surface area contributed by atoms with Crippen LogP contribution in [0.3, 0.4) is 0 Å². The van der Waals surface area contributed by atoms with Gasteiger partial charge < -0.3 is 20.9 Å². The van der Waals surface area contributed by atoms with Crippen molar-refractivity contribution in [1.82, 2.24) is 0 Å². The molecule has 6 nitrogen and oxygen atoms in total. The maximum atomic E-state index is 12.6. The molecule has 0 saturated carbocycles. The van der Waals surface area contributed by atoms with E-state index in [1.165, 1.54) is 24.3 Å². The first-order valence-electron chi connectivity index (χ1n) is 5.66. The summed E-state index contributed by atoms with van der Waals surface area (Å²) in [5.74, 6) is -2.57. The Hall–Kier alpha value is -2.29. The van der Waals surface area contributed by atoms with Crippen LogP contribution in [-0.2, 0) is 9.59 Å². The van der Waals surface area contributed by atoms with Crippen LogP contribution in [0, 0.1) is 0 Å². The lowest BCUT2D eigenvalue weighted by Crippen LogP contribution is -2.59. The molecule has 0 aromatic heterocycles. The van der Waals surface area contributed by atoms with Crippen molar-refractivity contribution >= 4 is 17.6 Å². The Morgan fingerprint density at radius 3 is 2.52 bits per heavy atom. The lowest BCUT2D eigenvalue weighted by atomic mass is 10.0. The number of carbonyl (C=O) groups excluding carboxylic acids is 1. The summed E-state index contributed by atoms with van der Waals surface area (Å²) in [4.78, 5) is 21.9. The van der Waals surface area contributed by atoms with Gasteiger partial charge in [-0.1, -0.05) is 6.07 Å². The molecule has 0 fully saturated rings. The normalized spacial score (nSPS) is 14.1. The predicted molar refractivity (Wildman–Crippen MR) is 66.8 cm³/mol. The second kappa shape index (κ2) is 6.00. The molecule has 9 heteroatoms. The van der Waals surface area contributed by atoms with Crippen LogP contribution in [-0.4, -0.2) is 35.3 Å². The summed E-state index contributed by atoms with van der Waals surface area (Å²) in [6.07, 6.45) is -4.91. The van der Waals surface area contributed by atoms with Gasteiger partial charge in [-0.15, -0.1) is 0 Å². The molecule has 0 saturated heterocycles. The molecule has 0 aliphatic heterocycles. The Morgan fingerprint density at radius 1 is 1.38 bits per heavy atom. The second-order valence-corrected chi connectivity index (χ2v) is 4.36. The minimum Gasteiger partial charge on any atom is -0.482 e. The molecule has 0 spiro atoms. The van der Waals surface area contributed by atoms with Gasteiger partial charge in [0.1, 0.15) is 5.75 Å². The van der Waals surface area contributed by atoms with Gasteiger partial charge in [0.2, 0.25) is 0 Å². The van der Waals surface area contributed by atoms with Gasteiger partial charge in [0, 0.05) is 11.8 Å². The fourth-order valence-corrected chi connectivity index (χ4v) is 1.20. The molecule has 0 aliphatic rings. The summed E-state index contributed by atoms with van der Waals surface area (Å²) in [7, 11) is 0. The van der Waals surface area contributed by atoms with Crippen molar-refractivity contribution in [1.29, 1.82) is 0 Å². The molecule has 1 rings (SSSR count). The van der Waals surface area contributed by atoms with Crippen molar-refractivity contribution < 1.29 is 32.6 Å². The van der Waals surface area contributed by atoms with E-state index in [1.807, 2.05) is 5.32 Å². The maximum Gasteiger partial charge on any atom is 0.415 e. The summed E-state index contributed by atoms with van der Waals surface area (Å²) in [5.41, 5.74) is 1.93. The Morgan fingerprint density at radius 2 is 2.00 bits per heavy atom. The highest BCUT2D eigenvalue weighted by atomic mass is 19.4. The van der Waals surface area contributed by atoms with Crippen LogP contribution in [0.4, 0.5) is 18.9 Å². The Kier molecular flexibility index (Phi) is 4.79. The third kappa shape index (κ3) is 4.35. The number of halogens is 3. The lowest BCUT2D eigenvalue weighted by Gasteiger charge is -2.26. The predicted octanol–water partition coefficient (Wildman–Crippen LogP) is 1.37. The molecule has 1 aromatic rings. The van der Waals surface area contributed by atoms with Crippen molar-refractivity contribution in [3.63, 3.8) is 0 Å². The number of ether oxygens (including phenoxy) is 1. The number of benzene rings is 1. The molecule has 1 amide bonds. The number of aliphatic carboxylic acids is 1. The van der Waals surface area contributed by atoms with Crippen LogP contribution >= 0.6 is 0 Å². The van der Waals surface area contributed by atoms with E-state index in [2.05, 4.69) is 0 Å². The molecular weight excluding hydrogens is 293 g/mol. The smallest absolute Gasteiger partial charge is 0.415 e. The van der Waals surface area contributed by atoms with Crippen molar-refractivity contribution in [2.75, 3.05) is 11.9 Å². The zero-order valence-electron chi connectivity index (χ0n) is 10.9. The molecule has 1 aromatic carbocycles. The highest BCUT2D eigenvalue weighted by Crippen LogP contribution is 2.29. The molecule has 21 heavy (non-hydrogen) atoms. The Bertz CT molecular complexity index is 544. The van der Waals surface area contributed by atoms with Crippen molar-refractivity contribution in [2.45, 2.75) is 18.6 Å². The molecule has 0 radical (unpaired) electrons. The fraction of sp³-hybridized carbons (Fsp3) is 0.333. The van der Waals surface area contributed by atoms with Gasteiger partial charge in [-0.25, -0.2) is 4.79 Å².